The van der Waals surface area contributed by atoms with E-state index in [1.54, 1.807) is 20.8 Å². The summed E-state index contributed by atoms with van der Waals surface area (Å²) in [7, 11) is 0. The molecule has 0 aromatic carbocycles. The topological polar surface area (TPSA) is 106 Å². The normalized spacial score (nSPS) is 12.1. The number of carbonyl (C=O) groups is 2. The van der Waals surface area contributed by atoms with Gasteiger partial charge < -0.3 is 16.6 Å². The van der Waals surface area contributed by atoms with Crippen molar-refractivity contribution in [2.45, 2.75) is 26.9 Å². The van der Waals surface area contributed by atoms with Crippen LogP contribution in [0.15, 0.2) is 23.8 Å². The molecule has 0 saturated heterocycles. The van der Waals surface area contributed by atoms with E-state index in [-0.39, 0.29) is 0 Å². The highest BCUT2D eigenvalue weighted by Gasteiger charge is 1.97. The average molecular weight is 214 g/mol. The van der Waals surface area contributed by atoms with E-state index < -0.39 is 17.9 Å². The van der Waals surface area contributed by atoms with Crippen molar-refractivity contribution in [1.82, 2.24) is 0 Å². The maximum atomic E-state index is 10.3. The third-order valence-corrected chi connectivity index (χ3v) is 1.30. The molecule has 5 nitrogen and oxygen atoms in total. The number of hydrogen-bond acceptors (Lipinski definition) is 3. The Labute approximate surface area is 89.4 Å². The summed E-state index contributed by atoms with van der Waals surface area (Å²) in [5, 5.41) is 8.69. The molecular formula is C10H18N2O3. The standard InChI is InChI=1S/C6H11NO2.C4H7NO/c1-4(6(7)9)3-5(2)8;1-3(2)4(5)6/h3,5,8H,1-2H3,(H2,7,9);1H2,2H3,(H2,5,6). The van der Waals surface area contributed by atoms with Gasteiger partial charge >= 0.3 is 0 Å². The smallest absolute Gasteiger partial charge is 0.244 e. The van der Waals surface area contributed by atoms with Crippen molar-refractivity contribution in [2.75, 3.05) is 0 Å². The Morgan fingerprint density at radius 1 is 1.27 bits per heavy atom. The van der Waals surface area contributed by atoms with Crippen molar-refractivity contribution in [2.24, 2.45) is 11.5 Å². The third-order valence-electron chi connectivity index (χ3n) is 1.30. The number of carbonyl (C=O) groups excluding carboxylic acids is 2. The Bertz CT molecular complexity index is 268. The van der Waals surface area contributed by atoms with Crippen LogP contribution in [0.4, 0.5) is 0 Å². The fraction of sp³-hybridized carbons (Fsp3) is 0.400. The zero-order chi connectivity index (χ0) is 12.6. The Morgan fingerprint density at radius 2 is 1.60 bits per heavy atom. The molecule has 0 spiro atoms. The lowest BCUT2D eigenvalue weighted by Gasteiger charge is -1.95. The van der Waals surface area contributed by atoms with Gasteiger partial charge in [-0.25, -0.2) is 0 Å². The van der Waals surface area contributed by atoms with Gasteiger partial charge in [0.1, 0.15) is 0 Å². The van der Waals surface area contributed by atoms with Gasteiger partial charge in [-0.3, -0.25) is 9.59 Å². The number of amides is 2. The van der Waals surface area contributed by atoms with Crippen LogP contribution in [-0.4, -0.2) is 23.0 Å². The van der Waals surface area contributed by atoms with E-state index in [0.717, 1.165) is 0 Å². The Morgan fingerprint density at radius 3 is 1.67 bits per heavy atom. The van der Waals surface area contributed by atoms with Crippen molar-refractivity contribution >= 4 is 11.8 Å². The fourth-order valence-corrected chi connectivity index (χ4v) is 0.444. The van der Waals surface area contributed by atoms with Crippen molar-refractivity contribution in [3.05, 3.63) is 23.8 Å². The molecule has 5 N–H and O–H groups in total. The molecule has 0 fully saturated rings. The van der Waals surface area contributed by atoms with Crippen LogP contribution < -0.4 is 11.5 Å². The van der Waals surface area contributed by atoms with Gasteiger partial charge in [-0.2, -0.15) is 0 Å². The van der Waals surface area contributed by atoms with Crippen molar-refractivity contribution in [3.8, 4) is 0 Å². The molecule has 1 atom stereocenters. The van der Waals surface area contributed by atoms with E-state index in [1.165, 1.54) is 6.08 Å². The summed E-state index contributed by atoms with van der Waals surface area (Å²) in [6, 6.07) is 0. The van der Waals surface area contributed by atoms with E-state index in [1.807, 2.05) is 0 Å². The van der Waals surface area contributed by atoms with Gasteiger partial charge in [0, 0.05) is 11.1 Å². The van der Waals surface area contributed by atoms with Crippen molar-refractivity contribution in [3.63, 3.8) is 0 Å². The fourth-order valence-electron chi connectivity index (χ4n) is 0.444. The van der Waals surface area contributed by atoms with E-state index in [2.05, 4.69) is 6.58 Å². The van der Waals surface area contributed by atoms with Crippen LogP contribution in [0.5, 0.6) is 0 Å². The summed E-state index contributed by atoms with van der Waals surface area (Å²) in [5.41, 5.74) is 10.4. The van der Waals surface area contributed by atoms with Gasteiger partial charge in [0.2, 0.25) is 11.8 Å². The highest BCUT2D eigenvalue weighted by atomic mass is 16.3. The quantitative estimate of drug-likeness (QED) is 0.568. The number of aliphatic hydroxyl groups excluding tert-OH is 1. The number of rotatable bonds is 3. The van der Waals surface area contributed by atoms with Crippen LogP contribution in [0.1, 0.15) is 20.8 Å². The molecule has 0 saturated carbocycles. The number of nitrogens with two attached hydrogens (primary N) is 2. The zero-order valence-electron chi connectivity index (χ0n) is 9.28. The van der Waals surface area contributed by atoms with Gasteiger partial charge in [-0.1, -0.05) is 6.58 Å². The van der Waals surface area contributed by atoms with Crippen molar-refractivity contribution in [1.29, 1.82) is 0 Å². The van der Waals surface area contributed by atoms with Gasteiger partial charge in [0.15, 0.2) is 0 Å². The van der Waals surface area contributed by atoms with Gasteiger partial charge in [0.05, 0.1) is 6.10 Å². The molecule has 0 aromatic rings. The van der Waals surface area contributed by atoms with Crippen LogP contribution in [0.25, 0.3) is 0 Å². The molecule has 15 heavy (non-hydrogen) atoms. The van der Waals surface area contributed by atoms with Gasteiger partial charge in [-0.15, -0.1) is 0 Å². The predicted molar refractivity (Wildman–Crippen MR) is 58.6 cm³/mol. The molecule has 0 heterocycles. The van der Waals surface area contributed by atoms with Crippen LogP contribution >= 0.6 is 0 Å². The maximum absolute atomic E-state index is 10.3. The minimum Gasteiger partial charge on any atom is -0.389 e. The lowest BCUT2D eigenvalue weighted by molar-refractivity contribution is -0.115. The molecule has 2 amide bonds. The van der Waals surface area contributed by atoms with Crippen LogP contribution in [0.3, 0.4) is 0 Å². The second-order valence-corrected chi connectivity index (χ2v) is 3.10. The molecule has 0 aliphatic carbocycles. The first-order valence-electron chi connectivity index (χ1n) is 4.30. The number of hydrogen-bond donors (Lipinski definition) is 3. The van der Waals surface area contributed by atoms with E-state index >= 15 is 0 Å². The zero-order valence-corrected chi connectivity index (χ0v) is 9.28. The minimum absolute atomic E-state index is 0.394. The lowest BCUT2D eigenvalue weighted by Crippen LogP contribution is -2.13. The Kier molecular flexibility index (Phi) is 8.18. The highest BCUT2D eigenvalue weighted by Crippen LogP contribution is 1.92. The lowest BCUT2D eigenvalue weighted by atomic mass is 10.2. The Balaban J connectivity index is 0. The predicted octanol–water partition coefficient (Wildman–Crippen LogP) is -0.153. The summed E-state index contributed by atoms with van der Waals surface area (Å²) in [6.07, 6.45) is 0.806. The average Bonchev–Trinajstić information content (AvgIpc) is 2.03. The number of aliphatic hydroxyl groups is 1. The summed E-state index contributed by atoms with van der Waals surface area (Å²) >= 11 is 0. The first-order chi connectivity index (χ1) is 6.68. The second kappa shape index (κ2) is 7.75. The van der Waals surface area contributed by atoms with Gasteiger partial charge in [-0.05, 0) is 26.8 Å². The summed E-state index contributed by atoms with van der Waals surface area (Å²) in [5.74, 6) is -0.925. The number of primary amides is 2. The van der Waals surface area contributed by atoms with E-state index in [0.29, 0.717) is 11.1 Å². The molecule has 1 unspecified atom stereocenters. The first-order valence-corrected chi connectivity index (χ1v) is 4.30. The molecule has 0 bridgehead atoms. The van der Waals surface area contributed by atoms with Gasteiger partial charge in [0.25, 0.3) is 0 Å². The summed E-state index contributed by atoms with van der Waals surface area (Å²) in [6.45, 7) is 7.98. The van der Waals surface area contributed by atoms with E-state index in [4.69, 9.17) is 16.6 Å². The second-order valence-electron chi connectivity index (χ2n) is 3.10. The first kappa shape index (κ1) is 15.8. The molecule has 5 heteroatoms. The Hall–Kier alpha value is -1.62. The molecular weight excluding hydrogens is 196 g/mol. The summed E-state index contributed by atoms with van der Waals surface area (Å²) in [4.78, 5) is 20.1. The molecule has 0 aliphatic heterocycles. The van der Waals surface area contributed by atoms with Crippen LogP contribution in [-0.2, 0) is 9.59 Å². The monoisotopic (exact) mass is 214 g/mol. The highest BCUT2D eigenvalue weighted by molar-refractivity contribution is 5.91. The summed E-state index contributed by atoms with van der Waals surface area (Å²) < 4.78 is 0. The largest absolute Gasteiger partial charge is 0.389 e. The SMILES string of the molecule is C=C(C)C(N)=O.CC(=CC(C)O)C(N)=O. The van der Waals surface area contributed by atoms with Crippen molar-refractivity contribution < 1.29 is 14.7 Å². The third kappa shape index (κ3) is 12.4. The maximum Gasteiger partial charge on any atom is 0.244 e. The molecule has 0 aliphatic rings. The minimum atomic E-state index is -0.600. The molecule has 0 rings (SSSR count). The van der Waals surface area contributed by atoms with Crippen LogP contribution in [0, 0.1) is 0 Å². The molecule has 86 valence electrons. The van der Waals surface area contributed by atoms with Crippen LogP contribution in [0.2, 0.25) is 0 Å². The molecule has 0 aromatic heterocycles. The van der Waals surface area contributed by atoms with E-state index in [9.17, 15) is 9.59 Å². The molecule has 0 radical (unpaired) electrons.